The second-order valence-electron chi connectivity index (χ2n) is 4.73. The fourth-order valence-electron chi connectivity index (χ4n) is 2.23. The van der Waals surface area contributed by atoms with Crippen LogP contribution < -0.4 is 0 Å². The molecule has 0 aliphatic heterocycles. The Kier molecular flexibility index (Phi) is 2.75. The molecule has 0 saturated heterocycles. The fraction of sp³-hybridized carbons (Fsp3) is 0. The molecule has 0 bridgehead atoms. The van der Waals surface area contributed by atoms with Crippen molar-refractivity contribution in [3.63, 3.8) is 0 Å². The molecular weight excluding hydrogens is 282 g/mol. The number of hydrogen-bond donors (Lipinski definition) is 1. The van der Waals surface area contributed by atoms with Crippen LogP contribution in [0.4, 0.5) is 0 Å². The molecule has 0 spiro atoms. The Bertz CT molecular complexity index is 873. The predicted octanol–water partition coefficient (Wildman–Crippen LogP) is 4.93. The summed E-state index contributed by atoms with van der Waals surface area (Å²) in [5.74, 6) is 1.03. The van der Waals surface area contributed by atoms with E-state index in [0.717, 1.165) is 33.0 Å². The van der Waals surface area contributed by atoms with E-state index >= 15 is 0 Å². The lowest BCUT2D eigenvalue weighted by atomic mass is 10.2. The largest absolute Gasteiger partial charge is 0.508 e. The monoisotopic (exact) mass is 293 g/mol. The zero-order valence-corrected chi connectivity index (χ0v) is 11.8. The molecule has 102 valence electrons. The first-order valence-electron chi connectivity index (χ1n) is 6.53. The maximum absolute atomic E-state index is 9.34. The number of hydrogen-bond acceptors (Lipinski definition) is 4. The van der Waals surface area contributed by atoms with Gasteiger partial charge in [0.05, 0.1) is 0 Å². The zero-order chi connectivity index (χ0) is 14.2. The molecule has 4 heteroatoms. The number of aromatic hydroxyl groups is 1. The van der Waals surface area contributed by atoms with Crippen LogP contribution >= 0.6 is 11.3 Å². The normalized spacial score (nSPS) is 11.0. The highest BCUT2D eigenvalue weighted by Crippen LogP contribution is 2.32. The third-order valence-electron chi connectivity index (χ3n) is 3.30. The molecule has 21 heavy (non-hydrogen) atoms. The summed E-state index contributed by atoms with van der Waals surface area (Å²) in [7, 11) is 0. The van der Waals surface area contributed by atoms with Crippen LogP contribution in [0.1, 0.15) is 0 Å². The van der Waals surface area contributed by atoms with Gasteiger partial charge in [-0.2, -0.15) is 0 Å². The molecule has 2 heterocycles. The van der Waals surface area contributed by atoms with Crippen molar-refractivity contribution >= 4 is 22.3 Å². The summed E-state index contributed by atoms with van der Waals surface area (Å²) >= 11 is 1.56. The lowest BCUT2D eigenvalue weighted by Crippen LogP contribution is -1.77. The number of phenols is 1. The summed E-state index contributed by atoms with van der Waals surface area (Å²) in [5, 5.41) is 13.3. The molecule has 0 amide bonds. The van der Waals surface area contributed by atoms with Crippen LogP contribution in [0.5, 0.6) is 5.75 Å². The molecule has 4 rings (SSSR count). The quantitative estimate of drug-likeness (QED) is 0.570. The summed E-state index contributed by atoms with van der Waals surface area (Å²) < 4.78 is 5.83. The summed E-state index contributed by atoms with van der Waals surface area (Å²) in [6.45, 7) is 0. The number of fused-ring (bicyclic) bond motifs is 1. The number of rotatable bonds is 2. The van der Waals surface area contributed by atoms with Crippen LogP contribution in [-0.4, -0.2) is 10.1 Å². The number of nitrogens with zero attached hydrogens (tertiary/aromatic N) is 1. The first-order chi connectivity index (χ1) is 10.3. The standard InChI is InChI=1S/C17H11NO2S/c19-13-7-5-11(6-8-13)17-18-14(10-21-17)16-9-12-3-1-2-4-15(12)20-16/h1-10,19H. The molecule has 0 radical (unpaired) electrons. The van der Waals surface area contributed by atoms with E-state index in [1.165, 1.54) is 0 Å². The summed E-state index contributed by atoms with van der Waals surface area (Å²) in [5.41, 5.74) is 2.69. The fourth-order valence-corrected chi connectivity index (χ4v) is 3.05. The highest BCUT2D eigenvalue weighted by Gasteiger charge is 2.11. The molecule has 4 aromatic rings. The van der Waals surface area contributed by atoms with Crippen LogP contribution in [0.25, 0.3) is 33.0 Å². The molecular formula is C17H11NO2S. The van der Waals surface area contributed by atoms with Crippen LogP contribution in [-0.2, 0) is 0 Å². The van der Waals surface area contributed by atoms with Gasteiger partial charge in [-0.3, -0.25) is 0 Å². The Hall–Kier alpha value is -2.59. The number of aromatic nitrogens is 1. The number of benzene rings is 2. The van der Waals surface area contributed by atoms with Crippen molar-refractivity contribution in [3.8, 4) is 27.8 Å². The minimum Gasteiger partial charge on any atom is -0.508 e. The molecule has 0 fully saturated rings. The van der Waals surface area contributed by atoms with E-state index in [4.69, 9.17) is 4.42 Å². The first-order valence-corrected chi connectivity index (χ1v) is 7.41. The first kappa shape index (κ1) is 12.2. The molecule has 0 atom stereocenters. The zero-order valence-electron chi connectivity index (χ0n) is 11.0. The van der Waals surface area contributed by atoms with Gasteiger partial charge >= 0.3 is 0 Å². The molecule has 3 nitrogen and oxygen atoms in total. The second-order valence-corrected chi connectivity index (χ2v) is 5.59. The smallest absolute Gasteiger partial charge is 0.154 e. The van der Waals surface area contributed by atoms with Crippen molar-refractivity contribution in [1.82, 2.24) is 4.98 Å². The van der Waals surface area contributed by atoms with Crippen molar-refractivity contribution in [3.05, 3.63) is 60.0 Å². The Morgan fingerprint density at radius 2 is 1.81 bits per heavy atom. The van der Waals surface area contributed by atoms with Crippen LogP contribution in [0.2, 0.25) is 0 Å². The Balaban J connectivity index is 1.75. The van der Waals surface area contributed by atoms with Gasteiger partial charge in [0.25, 0.3) is 0 Å². The average molecular weight is 293 g/mol. The van der Waals surface area contributed by atoms with E-state index in [9.17, 15) is 5.11 Å². The van der Waals surface area contributed by atoms with Crippen molar-refractivity contribution < 1.29 is 9.52 Å². The van der Waals surface area contributed by atoms with E-state index in [0.29, 0.717) is 0 Å². The van der Waals surface area contributed by atoms with E-state index in [-0.39, 0.29) is 5.75 Å². The van der Waals surface area contributed by atoms with Gasteiger partial charge in [-0.05, 0) is 36.4 Å². The SMILES string of the molecule is Oc1ccc(-c2nc(-c3cc4ccccc4o3)cs2)cc1. The summed E-state index contributed by atoms with van der Waals surface area (Å²) in [4.78, 5) is 4.62. The van der Waals surface area contributed by atoms with E-state index in [1.807, 2.05) is 47.8 Å². The molecule has 0 saturated carbocycles. The highest BCUT2D eigenvalue weighted by atomic mass is 32.1. The Morgan fingerprint density at radius 1 is 1.00 bits per heavy atom. The Morgan fingerprint density at radius 3 is 2.62 bits per heavy atom. The van der Waals surface area contributed by atoms with E-state index < -0.39 is 0 Å². The molecule has 0 aliphatic carbocycles. The molecule has 0 unspecified atom stereocenters. The second kappa shape index (κ2) is 4.75. The van der Waals surface area contributed by atoms with E-state index in [2.05, 4.69) is 4.98 Å². The molecule has 1 N–H and O–H groups in total. The van der Waals surface area contributed by atoms with E-state index in [1.54, 1.807) is 23.5 Å². The average Bonchev–Trinajstić information content (AvgIpc) is 3.14. The third kappa shape index (κ3) is 2.19. The van der Waals surface area contributed by atoms with Crippen LogP contribution in [0.15, 0.2) is 64.4 Å². The maximum Gasteiger partial charge on any atom is 0.154 e. The third-order valence-corrected chi connectivity index (χ3v) is 4.19. The minimum absolute atomic E-state index is 0.257. The highest BCUT2D eigenvalue weighted by molar-refractivity contribution is 7.13. The number of thiazole rings is 1. The van der Waals surface area contributed by atoms with Gasteiger partial charge in [-0.15, -0.1) is 11.3 Å². The van der Waals surface area contributed by atoms with Crippen LogP contribution in [0.3, 0.4) is 0 Å². The van der Waals surface area contributed by atoms with Gasteiger partial charge in [0.15, 0.2) is 5.76 Å². The van der Waals surface area contributed by atoms with Crippen molar-refractivity contribution in [2.75, 3.05) is 0 Å². The lowest BCUT2D eigenvalue weighted by molar-refractivity contribution is 0.475. The van der Waals surface area contributed by atoms with Crippen molar-refractivity contribution in [1.29, 1.82) is 0 Å². The van der Waals surface area contributed by atoms with Gasteiger partial charge in [0, 0.05) is 16.3 Å². The molecule has 0 aliphatic rings. The number of phenolic OH excluding ortho intramolecular Hbond substituents is 1. The lowest BCUT2D eigenvalue weighted by Gasteiger charge is -1.95. The van der Waals surface area contributed by atoms with Gasteiger partial charge in [-0.25, -0.2) is 4.98 Å². The number of furan rings is 1. The Labute approximate surface area is 125 Å². The maximum atomic E-state index is 9.34. The van der Waals surface area contributed by atoms with Crippen molar-refractivity contribution in [2.45, 2.75) is 0 Å². The molecule has 2 aromatic heterocycles. The van der Waals surface area contributed by atoms with Crippen molar-refractivity contribution in [2.24, 2.45) is 0 Å². The van der Waals surface area contributed by atoms with Gasteiger partial charge < -0.3 is 9.52 Å². The topological polar surface area (TPSA) is 46.3 Å². The minimum atomic E-state index is 0.257. The summed E-state index contributed by atoms with van der Waals surface area (Å²) in [6.07, 6.45) is 0. The molecule has 2 aromatic carbocycles. The summed E-state index contributed by atoms with van der Waals surface area (Å²) in [6, 6.07) is 17.0. The van der Waals surface area contributed by atoms with Gasteiger partial charge in [0.1, 0.15) is 22.0 Å². The van der Waals surface area contributed by atoms with Gasteiger partial charge in [0.2, 0.25) is 0 Å². The predicted molar refractivity (Wildman–Crippen MR) is 84.4 cm³/mol. The van der Waals surface area contributed by atoms with Gasteiger partial charge in [-0.1, -0.05) is 18.2 Å². The number of para-hydroxylation sites is 1. The van der Waals surface area contributed by atoms with Crippen LogP contribution in [0, 0.1) is 0 Å².